The summed E-state index contributed by atoms with van der Waals surface area (Å²) in [6, 6.07) is 2.61. The smallest absolute Gasteiger partial charge is 0.400 e. The number of nitrogens with one attached hydrogen (secondary N) is 1. The molecular weight excluding hydrogens is 240 g/mol. The Morgan fingerprint density at radius 2 is 2.22 bits per heavy atom. The van der Waals surface area contributed by atoms with E-state index in [-0.39, 0.29) is 24.1 Å². The molecule has 0 saturated carbocycles. The lowest BCUT2D eigenvalue weighted by Gasteiger charge is -2.21. The monoisotopic (exact) mass is 255 g/mol. The number of carbonyl (C=O) groups excluding carboxylic acids is 1. The molecule has 0 unspecified atom stereocenters. The number of amides is 1. The lowest BCUT2D eigenvalue weighted by molar-refractivity contribution is -0.862. The lowest BCUT2D eigenvalue weighted by atomic mass is 10.5. The van der Waals surface area contributed by atoms with E-state index in [4.69, 9.17) is 4.42 Å². The van der Waals surface area contributed by atoms with Crippen molar-refractivity contribution in [1.82, 2.24) is 5.43 Å². The standard InChI is InChI=1S/C10H14N4O4/c1-14(2,3)7-9(15)12-11-6-8-4-5-10(18-8)13(16)17/h4-6H,7H2,1-3H3/p+1/b11-6+. The van der Waals surface area contributed by atoms with Crippen molar-refractivity contribution in [2.24, 2.45) is 5.10 Å². The molecule has 1 amide bonds. The van der Waals surface area contributed by atoms with Crippen LogP contribution in [0.2, 0.25) is 0 Å². The van der Waals surface area contributed by atoms with E-state index in [2.05, 4.69) is 10.5 Å². The van der Waals surface area contributed by atoms with Crippen LogP contribution in [0.4, 0.5) is 5.88 Å². The lowest BCUT2D eigenvalue weighted by Crippen LogP contribution is -2.43. The van der Waals surface area contributed by atoms with E-state index >= 15 is 0 Å². The van der Waals surface area contributed by atoms with Crippen molar-refractivity contribution in [3.05, 3.63) is 28.0 Å². The van der Waals surface area contributed by atoms with E-state index in [0.29, 0.717) is 4.48 Å². The van der Waals surface area contributed by atoms with E-state index in [9.17, 15) is 14.9 Å². The molecule has 98 valence electrons. The molecule has 0 aliphatic rings. The molecule has 1 aromatic rings. The highest BCUT2D eigenvalue weighted by molar-refractivity contribution is 5.81. The van der Waals surface area contributed by atoms with Gasteiger partial charge in [0.1, 0.15) is 4.92 Å². The van der Waals surface area contributed by atoms with Crippen molar-refractivity contribution in [2.75, 3.05) is 27.7 Å². The van der Waals surface area contributed by atoms with Crippen molar-refractivity contribution in [3.8, 4) is 0 Å². The zero-order valence-electron chi connectivity index (χ0n) is 10.4. The topological polar surface area (TPSA) is 97.7 Å². The van der Waals surface area contributed by atoms with Gasteiger partial charge >= 0.3 is 5.88 Å². The molecule has 0 fully saturated rings. The van der Waals surface area contributed by atoms with Gasteiger partial charge in [0.25, 0.3) is 5.91 Å². The summed E-state index contributed by atoms with van der Waals surface area (Å²) in [5.41, 5.74) is 2.31. The van der Waals surface area contributed by atoms with E-state index < -0.39 is 4.92 Å². The van der Waals surface area contributed by atoms with Crippen LogP contribution in [0.1, 0.15) is 5.76 Å². The number of furan rings is 1. The van der Waals surface area contributed by atoms with Gasteiger partial charge in [-0.15, -0.1) is 0 Å². The molecule has 1 heterocycles. The number of likely N-dealkylation sites (N-methyl/N-ethyl adjacent to an activating group) is 1. The number of nitrogens with zero attached hydrogens (tertiary/aromatic N) is 3. The van der Waals surface area contributed by atoms with Crippen LogP contribution in [0.3, 0.4) is 0 Å². The van der Waals surface area contributed by atoms with Gasteiger partial charge in [0.2, 0.25) is 0 Å². The van der Waals surface area contributed by atoms with Crippen LogP contribution in [-0.4, -0.2) is 49.2 Å². The Morgan fingerprint density at radius 1 is 1.56 bits per heavy atom. The largest absolute Gasteiger partial charge is 0.433 e. The number of rotatable bonds is 5. The molecule has 0 saturated heterocycles. The van der Waals surface area contributed by atoms with E-state index in [1.807, 2.05) is 21.1 Å². The molecule has 1 aromatic heterocycles. The van der Waals surface area contributed by atoms with Crippen molar-refractivity contribution < 1.29 is 18.6 Å². The fraction of sp³-hybridized carbons (Fsp3) is 0.400. The SMILES string of the molecule is C[N+](C)(C)CC(=O)N/N=C/c1ccc([N+](=O)[O-])o1. The summed E-state index contributed by atoms with van der Waals surface area (Å²) in [4.78, 5) is 21.1. The highest BCUT2D eigenvalue weighted by atomic mass is 16.6. The van der Waals surface area contributed by atoms with Crippen LogP contribution in [0.25, 0.3) is 0 Å². The van der Waals surface area contributed by atoms with Gasteiger partial charge in [-0.2, -0.15) is 5.10 Å². The number of nitro groups is 1. The van der Waals surface area contributed by atoms with Gasteiger partial charge < -0.3 is 8.90 Å². The molecule has 1 rings (SSSR count). The van der Waals surface area contributed by atoms with Gasteiger partial charge in [0.05, 0.1) is 33.4 Å². The average Bonchev–Trinajstić information content (AvgIpc) is 2.63. The molecule has 0 aliphatic carbocycles. The van der Waals surface area contributed by atoms with E-state index in [0.717, 1.165) is 0 Å². The van der Waals surface area contributed by atoms with Crippen molar-refractivity contribution in [2.45, 2.75) is 0 Å². The number of carbonyl (C=O) groups is 1. The Hall–Kier alpha value is -2.22. The van der Waals surface area contributed by atoms with Crippen LogP contribution in [-0.2, 0) is 4.79 Å². The summed E-state index contributed by atoms with van der Waals surface area (Å²) in [7, 11) is 5.62. The minimum Gasteiger partial charge on any atom is -0.400 e. The Labute approximate surface area is 104 Å². The minimum atomic E-state index is -0.646. The summed E-state index contributed by atoms with van der Waals surface area (Å²) in [5, 5.41) is 14.0. The zero-order chi connectivity index (χ0) is 13.8. The van der Waals surface area contributed by atoms with Crippen molar-refractivity contribution in [3.63, 3.8) is 0 Å². The predicted octanol–water partition coefficient (Wildman–Crippen LogP) is 0.344. The van der Waals surface area contributed by atoms with Gasteiger partial charge in [-0.25, -0.2) is 5.43 Å². The molecular formula is C10H15N4O4+. The van der Waals surface area contributed by atoms with Gasteiger partial charge in [0, 0.05) is 0 Å². The summed E-state index contributed by atoms with van der Waals surface area (Å²) < 4.78 is 5.30. The van der Waals surface area contributed by atoms with E-state index in [1.165, 1.54) is 18.3 Å². The minimum absolute atomic E-state index is 0.201. The van der Waals surface area contributed by atoms with Crippen molar-refractivity contribution in [1.29, 1.82) is 0 Å². The van der Waals surface area contributed by atoms with Crippen molar-refractivity contribution >= 4 is 18.0 Å². The highest BCUT2D eigenvalue weighted by Crippen LogP contribution is 2.13. The quantitative estimate of drug-likeness (QED) is 0.355. The Balaban J connectivity index is 2.49. The first-order chi connectivity index (χ1) is 8.28. The molecule has 0 aliphatic heterocycles. The molecule has 18 heavy (non-hydrogen) atoms. The van der Waals surface area contributed by atoms with Crippen LogP contribution >= 0.6 is 0 Å². The third kappa shape index (κ3) is 4.74. The zero-order valence-corrected chi connectivity index (χ0v) is 10.4. The summed E-state index contributed by atoms with van der Waals surface area (Å²) in [5.74, 6) is -0.416. The Kier molecular flexibility index (Phi) is 4.16. The molecule has 8 heteroatoms. The first kappa shape index (κ1) is 13.8. The van der Waals surface area contributed by atoms with E-state index in [1.54, 1.807) is 0 Å². The Bertz CT molecular complexity index is 472. The fourth-order valence-corrected chi connectivity index (χ4v) is 1.14. The third-order valence-electron chi connectivity index (χ3n) is 1.79. The average molecular weight is 255 g/mol. The normalized spacial score (nSPS) is 11.7. The van der Waals surface area contributed by atoms with Crippen LogP contribution in [0.15, 0.2) is 21.7 Å². The summed E-state index contributed by atoms with van der Waals surface area (Å²) >= 11 is 0. The maximum absolute atomic E-state index is 11.4. The second-order valence-corrected chi connectivity index (χ2v) is 4.67. The second-order valence-electron chi connectivity index (χ2n) is 4.67. The second kappa shape index (κ2) is 5.41. The molecule has 0 radical (unpaired) electrons. The number of hydrogen-bond donors (Lipinski definition) is 1. The summed E-state index contributed by atoms with van der Waals surface area (Å²) in [6.45, 7) is 0.273. The van der Waals surface area contributed by atoms with Gasteiger partial charge in [-0.1, -0.05) is 0 Å². The molecule has 0 spiro atoms. The molecule has 1 N–H and O–H groups in total. The maximum Gasteiger partial charge on any atom is 0.433 e. The summed E-state index contributed by atoms with van der Waals surface area (Å²) in [6.07, 6.45) is 1.21. The highest BCUT2D eigenvalue weighted by Gasteiger charge is 2.13. The first-order valence-corrected chi connectivity index (χ1v) is 5.14. The van der Waals surface area contributed by atoms with Gasteiger partial charge in [-0.05, 0) is 6.07 Å². The van der Waals surface area contributed by atoms with Gasteiger partial charge in [0.15, 0.2) is 12.3 Å². The maximum atomic E-state index is 11.4. The van der Waals surface area contributed by atoms with Crippen LogP contribution in [0.5, 0.6) is 0 Å². The third-order valence-corrected chi connectivity index (χ3v) is 1.79. The number of hydrazone groups is 1. The molecule has 0 aromatic carbocycles. The molecule has 0 atom stereocenters. The fourth-order valence-electron chi connectivity index (χ4n) is 1.14. The predicted molar refractivity (Wildman–Crippen MR) is 64.0 cm³/mol. The number of hydrogen-bond acceptors (Lipinski definition) is 5. The molecule has 0 bridgehead atoms. The number of quaternary nitrogens is 1. The van der Waals surface area contributed by atoms with Gasteiger partial charge in [-0.3, -0.25) is 14.9 Å². The van der Waals surface area contributed by atoms with Crippen LogP contribution < -0.4 is 5.43 Å². The molecule has 8 nitrogen and oxygen atoms in total. The Morgan fingerprint density at radius 3 is 2.72 bits per heavy atom. The van der Waals surface area contributed by atoms with Crippen LogP contribution in [0, 0.1) is 10.1 Å². The first-order valence-electron chi connectivity index (χ1n) is 5.14.